The minimum absolute atomic E-state index is 0.204. The zero-order valence-corrected chi connectivity index (χ0v) is 7.79. The Balaban J connectivity index is 2.89. The quantitative estimate of drug-likeness (QED) is 0.798. The number of nitrogens with zero attached hydrogens (tertiary/aromatic N) is 2. The van der Waals surface area contributed by atoms with Gasteiger partial charge in [0.05, 0.1) is 6.42 Å². The van der Waals surface area contributed by atoms with Gasteiger partial charge in [0, 0.05) is 18.9 Å². The molecular formula is C8H10F2N2O2. The third-order valence-electron chi connectivity index (χ3n) is 2.03. The van der Waals surface area contributed by atoms with E-state index >= 15 is 0 Å². The van der Waals surface area contributed by atoms with Crippen LogP contribution in [0.15, 0.2) is 6.20 Å². The van der Waals surface area contributed by atoms with Gasteiger partial charge < -0.3 is 9.67 Å². The molecule has 0 unspecified atom stereocenters. The second kappa shape index (κ2) is 3.36. The molecule has 0 aliphatic heterocycles. The van der Waals surface area contributed by atoms with E-state index in [9.17, 15) is 13.6 Å². The number of aliphatic carboxylic acids is 1. The predicted molar refractivity (Wildman–Crippen MR) is 44.2 cm³/mol. The summed E-state index contributed by atoms with van der Waals surface area (Å²) in [6, 6.07) is 0. The molecule has 0 amide bonds. The van der Waals surface area contributed by atoms with Crippen molar-refractivity contribution in [3.8, 4) is 0 Å². The van der Waals surface area contributed by atoms with Gasteiger partial charge in [-0.2, -0.15) is 8.78 Å². The van der Waals surface area contributed by atoms with Crippen LogP contribution in [0, 0.1) is 6.92 Å². The lowest BCUT2D eigenvalue weighted by Gasteiger charge is -2.11. The molecule has 0 aromatic carbocycles. The maximum Gasteiger partial charge on any atom is 0.374 e. The topological polar surface area (TPSA) is 55.1 Å². The van der Waals surface area contributed by atoms with Gasteiger partial charge in [0.2, 0.25) is 0 Å². The number of carboxylic acids is 1. The van der Waals surface area contributed by atoms with Crippen LogP contribution < -0.4 is 0 Å². The van der Waals surface area contributed by atoms with E-state index in [1.54, 1.807) is 14.0 Å². The summed E-state index contributed by atoms with van der Waals surface area (Å²) >= 11 is 0. The Morgan fingerprint density at radius 1 is 1.71 bits per heavy atom. The molecule has 0 saturated carbocycles. The summed E-state index contributed by atoms with van der Waals surface area (Å²) in [6.07, 6.45) is 0.422. The Bertz CT molecular complexity index is 360. The van der Waals surface area contributed by atoms with E-state index in [4.69, 9.17) is 5.11 Å². The normalized spacial score (nSPS) is 11.7. The number of carbonyl (C=O) groups is 1. The molecular weight excluding hydrogens is 194 g/mol. The number of rotatable bonds is 3. The van der Waals surface area contributed by atoms with Crippen LogP contribution in [0.2, 0.25) is 0 Å². The highest BCUT2D eigenvalue weighted by Crippen LogP contribution is 2.20. The molecule has 0 saturated heterocycles. The van der Waals surface area contributed by atoms with Gasteiger partial charge in [-0.3, -0.25) is 0 Å². The Morgan fingerprint density at radius 2 is 2.29 bits per heavy atom. The molecule has 0 atom stereocenters. The van der Waals surface area contributed by atoms with Crippen molar-refractivity contribution in [2.24, 2.45) is 7.05 Å². The van der Waals surface area contributed by atoms with Crippen LogP contribution in [-0.4, -0.2) is 26.5 Å². The molecule has 0 aliphatic rings. The van der Waals surface area contributed by atoms with Gasteiger partial charge in [0.15, 0.2) is 0 Å². The molecule has 78 valence electrons. The number of alkyl halides is 2. The first-order chi connectivity index (χ1) is 6.34. The van der Waals surface area contributed by atoms with Crippen molar-refractivity contribution in [2.45, 2.75) is 19.3 Å². The zero-order valence-electron chi connectivity index (χ0n) is 7.79. The highest BCUT2D eigenvalue weighted by molar-refractivity contribution is 5.75. The van der Waals surface area contributed by atoms with Crippen LogP contribution in [0.3, 0.4) is 0 Å². The van der Waals surface area contributed by atoms with E-state index in [0.29, 0.717) is 5.82 Å². The third kappa shape index (κ3) is 1.89. The largest absolute Gasteiger partial charge is 0.477 e. The van der Waals surface area contributed by atoms with Gasteiger partial charge in [-0.15, -0.1) is 0 Å². The number of hydrogen-bond donors (Lipinski definition) is 1. The van der Waals surface area contributed by atoms with Crippen LogP contribution >= 0.6 is 0 Å². The van der Waals surface area contributed by atoms with E-state index in [2.05, 4.69) is 4.98 Å². The molecule has 0 fully saturated rings. The van der Waals surface area contributed by atoms with Crippen LogP contribution in [0.4, 0.5) is 8.78 Å². The molecule has 14 heavy (non-hydrogen) atoms. The molecule has 0 bridgehead atoms. The number of aryl methyl sites for hydroxylation is 1. The number of halogens is 2. The number of hydrogen-bond acceptors (Lipinski definition) is 2. The summed E-state index contributed by atoms with van der Waals surface area (Å²) in [5.41, 5.74) is 0.204. The molecule has 0 radical (unpaired) electrons. The average Bonchev–Trinajstić information content (AvgIpc) is 2.35. The Hall–Kier alpha value is -1.46. The predicted octanol–water partition coefficient (Wildman–Crippen LogP) is 0.991. The van der Waals surface area contributed by atoms with E-state index in [1.165, 1.54) is 10.8 Å². The third-order valence-corrected chi connectivity index (χ3v) is 2.03. The van der Waals surface area contributed by atoms with Crippen LogP contribution in [0.1, 0.15) is 11.5 Å². The first-order valence-electron chi connectivity index (χ1n) is 3.93. The van der Waals surface area contributed by atoms with Crippen LogP contribution in [0.5, 0.6) is 0 Å². The van der Waals surface area contributed by atoms with Crippen molar-refractivity contribution < 1.29 is 18.7 Å². The number of aromatic nitrogens is 2. The SMILES string of the molecule is Cc1ncc(CC(F)(F)C(=O)O)n1C. The Labute approximate surface area is 79.2 Å². The fraction of sp³-hybridized carbons (Fsp3) is 0.500. The monoisotopic (exact) mass is 204 g/mol. The van der Waals surface area contributed by atoms with E-state index in [1.807, 2.05) is 0 Å². The van der Waals surface area contributed by atoms with Crippen molar-refractivity contribution in [1.29, 1.82) is 0 Å². The maximum absolute atomic E-state index is 12.8. The smallest absolute Gasteiger partial charge is 0.374 e. The molecule has 6 heteroatoms. The van der Waals surface area contributed by atoms with Gasteiger partial charge in [-0.25, -0.2) is 9.78 Å². The second-order valence-electron chi connectivity index (χ2n) is 3.04. The highest BCUT2D eigenvalue weighted by atomic mass is 19.3. The lowest BCUT2D eigenvalue weighted by atomic mass is 10.2. The fourth-order valence-electron chi connectivity index (χ4n) is 1.02. The van der Waals surface area contributed by atoms with Crippen LogP contribution in [-0.2, 0) is 18.3 Å². The molecule has 1 heterocycles. The van der Waals surface area contributed by atoms with Gasteiger partial charge in [0.1, 0.15) is 5.82 Å². The summed E-state index contributed by atoms with van der Waals surface area (Å²) in [5.74, 6) is -5.28. The molecule has 1 aromatic heterocycles. The molecule has 1 aromatic rings. The molecule has 1 rings (SSSR count). The Kier molecular flexibility index (Phi) is 2.55. The van der Waals surface area contributed by atoms with E-state index in [-0.39, 0.29) is 5.69 Å². The first-order valence-corrected chi connectivity index (χ1v) is 3.93. The van der Waals surface area contributed by atoms with E-state index < -0.39 is 18.3 Å². The van der Waals surface area contributed by atoms with Gasteiger partial charge in [0.25, 0.3) is 0 Å². The van der Waals surface area contributed by atoms with Crippen molar-refractivity contribution in [3.63, 3.8) is 0 Å². The van der Waals surface area contributed by atoms with Crippen molar-refractivity contribution >= 4 is 5.97 Å². The molecule has 0 spiro atoms. The average molecular weight is 204 g/mol. The summed E-state index contributed by atoms with van der Waals surface area (Å²) in [7, 11) is 1.57. The standard InChI is InChI=1S/C8H10F2N2O2/c1-5-11-4-6(12(5)2)3-8(9,10)7(13)14/h4H,3H2,1-2H3,(H,13,14). The van der Waals surface area contributed by atoms with Crippen molar-refractivity contribution in [2.75, 3.05) is 0 Å². The second-order valence-corrected chi connectivity index (χ2v) is 3.04. The minimum atomic E-state index is -3.74. The summed E-state index contributed by atoms with van der Waals surface area (Å²) in [5, 5.41) is 8.22. The number of imidazole rings is 1. The molecule has 1 N–H and O–H groups in total. The van der Waals surface area contributed by atoms with Crippen molar-refractivity contribution in [3.05, 3.63) is 17.7 Å². The zero-order chi connectivity index (χ0) is 10.9. The molecule has 0 aliphatic carbocycles. The number of carboxylic acid groups (broad SMARTS) is 1. The summed E-state index contributed by atoms with van der Waals surface area (Å²) in [6.45, 7) is 1.66. The van der Waals surface area contributed by atoms with Crippen LogP contribution in [0.25, 0.3) is 0 Å². The lowest BCUT2D eigenvalue weighted by Crippen LogP contribution is -2.31. The fourth-order valence-corrected chi connectivity index (χ4v) is 1.02. The van der Waals surface area contributed by atoms with Crippen molar-refractivity contribution in [1.82, 2.24) is 9.55 Å². The molecule has 4 nitrogen and oxygen atoms in total. The van der Waals surface area contributed by atoms with E-state index in [0.717, 1.165) is 0 Å². The summed E-state index contributed by atoms with van der Waals surface area (Å²) < 4.78 is 27.0. The Morgan fingerprint density at radius 3 is 2.64 bits per heavy atom. The van der Waals surface area contributed by atoms with Gasteiger partial charge in [-0.1, -0.05) is 0 Å². The van der Waals surface area contributed by atoms with Gasteiger partial charge in [-0.05, 0) is 6.92 Å². The highest BCUT2D eigenvalue weighted by Gasteiger charge is 2.39. The lowest BCUT2D eigenvalue weighted by molar-refractivity contribution is -0.164. The minimum Gasteiger partial charge on any atom is -0.477 e. The van der Waals surface area contributed by atoms with Gasteiger partial charge >= 0.3 is 11.9 Å². The first kappa shape index (κ1) is 10.6. The maximum atomic E-state index is 12.8. The summed E-state index contributed by atoms with van der Waals surface area (Å²) in [4.78, 5) is 14.0.